The quantitative estimate of drug-likeness (QED) is 0.638. The van der Waals surface area contributed by atoms with Gasteiger partial charge < -0.3 is 5.32 Å². The highest BCUT2D eigenvalue weighted by molar-refractivity contribution is 7.87. The Morgan fingerprint density at radius 1 is 1.38 bits per heavy atom. The van der Waals surface area contributed by atoms with Gasteiger partial charge in [-0.15, -0.1) is 0 Å². The third-order valence-corrected chi connectivity index (χ3v) is 4.83. The highest BCUT2D eigenvalue weighted by atomic mass is 32.2. The highest BCUT2D eigenvalue weighted by Crippen LogP contribution is 2.12. The smallest absolute Gasteiger partial charge is 0.279 e. The van der Waals surface area contributed by atoms with Crippen LogP contribution in [-0.4, -0.2) is 44.4 Å². The lowest BCUT2D eigenvalue weighted by atomic mass is 10.2. The van der Waals surface area contributed by atoms with Crippen molar-refractivity contribution in [3.05, 3.63) is 30.1 Å². The first-order chi connectivity index (χ1) is 9.97. The van der Waals surface area contributed by atoms with E-state index in [4.69, 9.17) is 0 Å². The van der Waals surface area contributed by atoms with Crippen LogP contribution in [0.1, 0.15) is 38.3 Å². The molecule has 0 bridgehead atoms. The van der Waals surface area contributed by atoms with Crippen molar-refractivity contribution in [2.24, 2.45) is 0 Å². The molecule has 0 aliphatic heterocycles. The standard InChI is InChI=1S/C14H26N4O2S/c1-4-8-15-10-6-11-18(3)21(19,20)17-13(2)14-7-5-9-16-12-14/h5,7,9,12-13,15,17H,4,6,8,10-11H2,1-3H3. The van der Waals surface area contributed by atoms with Crippen LogP contribution in [-0.2, 0) is 10.2 Å². The molecule has 0 saturated heterocycles. The van der Waals surface area contributed by atoms with Gasteiger partial charge in [0.2, 0.25) is 0 Å². The monoisotopic (exact) mass is 314 g/mol. The van der Waals surface area contributed by atoms with Gasteiger partial charge in [0.15, 0.2) is 0 Å². The fourth-order valence-electron chi connectivity index (χ4n) is 1.86. The molecule has 1 unspecified atom stereocenters. The Balaban J connectivity index is 2.45. The molecule has 1 rings (SSSR count). The van der Waals surface area contributed by atoms with Gasteiger partial charge in [0.25, 0.3) is 10.2 Å². The minimum absolute atomic E-state index is 0.302. The van der Waals surface area contributed by atoms with Gasteiger partial charge in [0.1, 0.15) is 0 Å². The van der Waals surface area contributed by atoms with E-state index >= 15 is 0 Å². The number of hydrogen-bond acceptors (Lipinski definition) is 4. The Labute approximate surface area is 128 Å². The van der Waals surface area contributed by atoms with Gasteiger partial charge in [0, 0.05) is 32.0 Å². The van der Waals surface area contributed by atoms with E-state index in [9.17, 15) is 8.42 Å². The molecule has 1 aromatic heterocycles. The zero-order chi connectivity index (χ0) is 15.7. The van der Waals surface area contributed by atoms with E-state index in [0.717, 1.165) is 31.5 Å². The van der Waals surface area contributed by atoms with Gasteiger partial charge in [-0.3, -0.25) is 4.98 Å². The predicted octanol–water partition coefficient (Wildman–Crippen LogP) is 1.30. The van der Waals surface area contributed by atoms with Crippen LogP contribution in [0.5, 0.6) is 0 Å². The minimum Gasteiger partial charge on any atom is -0.317 e. The molecule has 120 valence electrons. The second-order valence-electron chi connectivity index (χ2n) is 5.06. The normalized spacial score (nSPS) is 13.5. The summed E-state index contributed by atoms with van der Waals surface area (Å²) in [5, 5.41) is 3.26. The van der Waals surface area contributed by atoms with Gasteiger partial charge in [-0.05, 0) is 44.5 Å². The molecule has 6 nitrogen and oxygen atoms in total. The summed E-state index contributed by atoms with van der Waals surface area (Å²) in [5.41, 5.74) is 0.846. The first-order valence-corrected chi connectivity index (χ1v) is 8.75. The summed E-state index contributed by atoms with van der Waals surface area (Å²) in [7, 11) is -1.88. The maximum absolute atomic E-state index is 12.2. The molecule has 0 amide bonds. The van der Waals surface area contributed by atoms with Crippen LogP contribution >= 0.6 is 0 Å². The molecular formula is C14H26N4O2S. The number of pyridine rings is 1. The van der Waals surface area contributed by atoms with Crippen molar-refractivity contribution in [2.45, 2.75) is 32.7 Å². The van der Waals surface area contributed by atoms with Gasteiger partial charge in [0.05, 0.1) is 0 Å². The molecule has 0 saturated carbocycles. The van der Waals surface area contributed by atoms with Crippen LogP contribution in [0.4, 0.5) is 0 Å². The fraction of sp³-hybridized carbons (Fsp3) is 0.643. The summed E-state index contributed by atoms with van der Waals surface area (Å²) >= 11 is 0. The Morgan fingerprint density at radius 3 is 2.76 bits per heavy atom. The first kappa shape index (κ1) is 18.0. The topological polar surface area (TPSA) is 74.3 Å². The van der Waals surface area contributed by atoms with Gasteiger partial charge in [-0.2, -0.15) is 17.4 Å². The maximum Gasteiger partial charge on any atom is 0.279 e. The maximum atomic E-state index is 12.2. The molecule has 7 heteroatoms. The van der Waals surface area contributed by atoms with E-state index in [1.807, 2.05) is 13.0 Å². The van der Waals surface area contributed by atoms with Crippen LogP contribution in [0.25, 0.3) is 0 Å². The largest absolute Gasteiger partial charge is 0.317 e. The summed E-state index contributed by atoms with van der Waals surface area (Å²) in [6.45, 7) is 6.20. The zero-order valence-corrected chi connectivity index (χ0v) is 13.9. The molecule has 0 spiro atoms. The van der Waals surface area contributed by atoms with Crippen LogP contribution in [0.15, 0.2) is 24.5 Å². The zero-order valence-electron chi connectivity index (χ0n) is 13.0. The predicted molar refractivity (Wildman–Crippen MR) is 85.1 cm³/mol. The fourth-order valence-corrected chi connectivity index (χ4v) is 2.99. The van der Waals surface area contributed by atoms with Crippen molar-refractivity contribution >= 4 is 10.2 Å². The molecular weight excluding hydrogens is 288 g/mol. The molecule has 1 atom stereocenters. The lowest BCUT2D eigenvalue weighted by molar-refractivity contribution is 0.438. The molecule has 0 fully saturated rings. The summed E-state index contributed by atoms with van der Waals surface area (Å²) in [6.07, 6.45) is 5.21. The summed E-state index contributed by atoms with van der Waals surface area (Å²) < 4.78 is 28.4. The number of nitrogens with one attached hydrogen (secondary N) is 2. The Morgan fingerprint density at radius 2 is 2.14 bits per heavy atom. The number of rotatable bonds is 10. The van der Waals surface area contributed by atoms with E-state index < -0.39 is 10.2 Å². The summed E-state index contributed by atoms with van der Waals surface area (Å²) in [6, 6.07) is 3.35. The molecule has 2 N–H and O–H groups in total. The molecule has 0 aliphatic carbocycles. The van der Waals surface area contributed by atoms with E-state index in [1.54, 1.807) is 25.5 Å². The third-order valence-electron chi connectivity index (χ3n) is 3.17. The Hall–Kier alpha value is -1.02. The SMILES string of the molecule is CCCNCCCN(C)S(=O)(=O)NC(C)c1cccnc1. The van der Waals surface area contributed by atoms with Crippen molar-refractivity contribution in [2.75, 3.05) is 26.7 Å². The highest BCUT2D eigenvalue weighted by Gasteiger charge is 2.20. The minimum atomic E-state index is -3.47. The third kappa shape index (κ3) is 6.52. The molecule has 0 aromatic carbocycles. The van der Waals surface area contributed by atoms with Crippen molar-refractivity contribution in [3.8, 4) is 0 Å². The molecule has 1 heterocycles. The van der Waals surface area contributed by atoms with Crippen LogP contribution < -0.4 is 10.0 Å². The van der Waals surface area contributed by atoms with Crippen molar-refractivity contribution in [1.29, 1.82) is 0 Å². The molecule has 0 aliphatic rings. The summed E-state index contributed by atoms with van der Waals surface area (Å²) in [5.74, 6) is 0. The average molecular weight is 314 g/mol. The van der Waals surface area contributed by atoms with Crippen LogP contribution in [0.2, 0.25) is 0 Å². The summed E-state index contributed by atoms with van der Waals surface area (Å²) in [4.78, 5) is 4.00. The van der Waals surface area contributed by atoms with E-state index in [2.05, 4.69) is 21.9 Å². The van der Waals surface area contributed by atoms with Gasteiger partial charge in [-0.25, -0.2) is 0 Å². The number of nitrogens with zero attached hydrogens (tertiary/aromatic N) is 2. The number of aromatic nitrogens is 1. The second kappa shape index (κ2) is 9.09. The van der Waals surface area contributed by atoms with E-state index in [1.165, 1.54) is 4.31 Å². The van der Waals surface area contributed by atoms with Gasteiger partial charge >= 0.3 is 0 Å². The van der Waals surface area contributed by atoms with Crippen LogP contribution in [0, 0.1) is 0 Å². The number of hydrogen-bond donors (Lipinski definition) is 2. The molecule has 0 radical (unpaired) electrons. The van der Waals surface area contributed by atoms with Gasteiger partial charge in [-0.1, -0.05) is 13.0 Å². The van der Waals surface area contributed by atoms with E-state index in [-0.39, 0.29) is 6.04 Å². The Bertz CT molecular complexity index is 493. The molecule has 21 heavy (non-hydrogen) atoms. The van der Waals surface area contributed by atoms with Crippen molar-refractivity contribution in [1.82, 2.24) is 19.3 Å². The Kier molecular flexibility index (Phi) is 7.81. The average Bonchev–Trinajstić information content (AvgIpc) is 2.47. The second-order valence-corrected chi connectivity index (χ2v) is 6.87. The van der Waals surface area contributed by atoms with Crippen LogP contribution in [0.3, 0.4) is 0 Å². The lowest BCUT2D eigenvalue weighted by Crippen LogP contribution is -2.40. The molecule has 1 aromatic rings. The first-order valence-electron chi connectivity index (χ1n) is 7.31. The van der Waals surface area contributed by atoms with Crippen molar-refractivity contribution < 1.29 is 8.42 Å². The van der Waals surface area contributed by atoms with Crippen molar-refractivity contribution in [3.63, 3.8) is 0 Å². The lowest BCUT2D eigenvalue weighted by Gasteiger charge is -2.21. The van der Waals surface area contributed by atoms with E-state index in [0.29, 0.717) is 6.54 Å².